The predicted octanol–water partition coefficient (Wildman–Crippen LogP) is 0.000180. The fourth-order valence-electron chi connectivity index (χ4n) is 2.41. The largest absolute Gasteiger partial charge is 0.383 e. The maximum Gasteiger partial charge on any atom is 0.242 e. The Kier molecular flexibility index (Phi) is 4.90. The first-order chi connectivity index (χ1) is 10.0. The number of hydrogen-bond acceptors (Lipinski definition) is 6. The van der Waals surface area contributed by atoms with E-state index >= 15 is 0 Å². The molecule has 0 saturated carbocycles. The van der Waals surface area contributed by atoms with Crippen LogP contribution in [0.3, 0.4) is 0 Å². The molecule has 0 amide bonds. The fourth-order valence-corrected chi connectivity index (χ4v) is 3.53. The van der Waals surface area contributed by atoms with Crippen molar-refractivity contribution < 1.29 is 13.2 Å². The van der Waals surface area contributed by atoms with Gasteiger partial charge in [0.05, 0.1) is 17.7 Å². The quantitative estimate of drug-likeness (QED) is 0.766. The normalized spacial score (nSPS) is 22.1. The molecule has 2 N–H and O–H groups in total. The van der Waals surface area contributed by atoms with Gasteiger partial charge in [0.25, 0.3) is 0 Å². The van der Waals surface area contributed by atoms with E-state index in [0.29, 0.717) is 6.61 Å². The van der Waals surface area contributed by atoms with Gasteiger partial charge < -0.3 is 10.1 Å². The number of nitriles is 1. The van der Waals surface area contributed by atoms with Crippen LogP contribution in [0.25, 0.3) is 0 Å². The van der Waals surface area contributed by atoms with Crippen molar-refractivity contribution in [1.82, 2.24) is 15.0 Å². The van der Waals surface area contributed by atoms with Gasteiger partial charge in [-0.1, -0.05) is 0 Å². The second-order valence-corrected chi connectivity index (χ2v) is 6.86. The second kappa shape index (κ2) is 6.49. The Hall–Kier alpha value is -1.53. The van der Waals surface area contributed by atoms with Crippen LogP contribution < -0.4 is 10.0 Å². The number of ether oxygens (including phenoxy) is 1. The number of rotatable bonds is 6. The third kappa shape index (κ3) is 3.77. The van der Waals surface area contributed by atoms with Crippen molar-refractivity contribution >= 4 is 10.0 Å². The van der Waals surface area contributed by atoms with Crippen molar-refractivity contribution in [1.29, 1.82) is 5.26 Å². The lowest BCUT2D eigenvalue weighted by atomic mass is 9.99. The monoisotopic (exact) mass is 310 g/mol. The summed E-state index contributed by atoms with van der Waals surface area (Å²) in [6.45, 7) is 1.52. The zero-order valence-corrected chi connectivity index (χ0v) is 12.6. The number of nitrogens with one attached hydrogen (secondary N) is 2. The Morgan fingerprint density at radius 3 is 3.00 bits per heavy atom. The number of methoxy groups -OCH3 is 1. The van der Waals surface area contributed by atoms with Gasteiger partial charge in [0, 0.05) is 26.0 Å². The molecular weight excluding hydrogens is 292 g/mol. The van der Waals surface area contributed by atoms with Crippen LogP contribution in [0.5, 0.6) is 0 Å². The summed E-state index contributed by atoms with van der Waals surface area (Å²) in [5.41, 5.74) is -0.161. The van der Waals surface area contributed by atoms with E-state index in [9.17, 15) is 8.42 Å². The standard InChI is InChI=1S/C13H18N4O3S/c1-20-10-13(3-2-4-16-13)9-17-21(18,19)12-5-11(6-14)7-15-8-12/h5,7-8,16-17H,2-4,9-10H2,1H3. The number of hydrogen-bond donors (Lipinski definition) is 2. The molecule has 0 aromatic carbocycles. The summed E-state index contributed by atoms with van der Waals surface area (Å²) in [6.07, 6.45) is 4.38. The van der Waals surface area contributed by atoms with E-state index in [2.05, 4.69) is 15.0 Å². The van der Waals surface area contributed by atoms with E-state index in [4.69, 9.17) is 10.00 Å². The van der Waals surface area contributed by atoms with Gasteiger partial charge in [-0.05, 0) is 25.5 Å². The highest BCUT2D eigenvalue weighted by atomic mass is 32.2. The van der Waals surface area contributed by atoms with E-state index in [1.54, 1.807) is 7.11 Å². The molecule has 1 aromatic heterocycles. The maximum absolute atomic E-state index is 12.3. The van der Waals surface area contributed by atoms with Crippen LogP contribution in [-0.4, -0.2) is 45.7 Å². The molecule has 114 valence electrons. The topological polar surface area (TPSA) is 104 Å². The minimum Gasteiger partial charge on any atom is -0.383 e. The van der Waals surface area contributed by atoms with Gasteiger partial charge in [-0.2, -0.15) is 5.26 Å². The lowest BCUT2D eigenvalue weighted by molar-refractivity contribution is 0.122. The van der Waals surface area contributed by atoms with Crippen molar-refractivity contribution in [2.45, 2.75) is 23.3 Å². The molecule has 1 atom stereocenters. The molecule has 1 aliphatic rings. The van der Waals surface area contributed by atoms with E-state index in [1.807, 2.05) is 6.07 Å². The first-order valence-corrected chi connectivity index (χ1v) is 8.08. The molecule has 0 spiro atoms. The van der Waals surface area contributed by atoms with Crippen LogP contribution in [-0.2, 0) is 14.8 Å². The van der Waals surface area contributed by atoms with Gasteiger partial charge in [-0.25, -0.2) is 13.1 Å². The molecule has 0 aliphatic carbocycles. The van der Waals surface area contributed by atoms with Gasteiger partial charge in [-0.15, -0.1) is 0 Å². The summed E-state index contributed by atoms with van der Waals surface area (Å²) >= 11 is 0. The van der Waals surface area contributed by atoms with Crippen LogP contribution in [0.15, 0.2) is 23.4 Å². The fraction of sp³-hybridized carbons (Fsp3) is 0.538. The van der Waals surface area contributed by atoms with Gasteiger partial charge in [-0.3, -0.25) is 4.98 Å². The summed E-state index contributed by atoms with van der Waals surface area (Å²) in [7, 11) is -2.10. The maximum atomic E-state index is 12.3. The van der Waals surface area contributed by atoms with Gasteiger partial charge >= 0.3 is 0 Å². The third-order valence-electron chi connectivity index (χ3n) is 3.51. The summed E-state index contributed by atoms with van der Waals surface area (Å²) in [6, 6.07) is 3.18. The van der Waals surface area contributed by atoms with Crippen LogP contribution >= 0.6 is 0 Å². The van der Waals surface area contributed by atoms with E-state index in [0.717, 1.165) is 19.4 Å². The van der Waals surface area contributed by atoms with Crippen LogP contribution in [0.4, 0.5) is 0 Å². The Balaban J connectivity index is 2.12. The zero-order chi connectivity index (χ0) is 15.3. The predicted molar refractivity (Wildman–Crippen MR) is 76.0 cm³/mol. The van der Waals surface area contributed by atoms with Crippen LogP contribution in [0.1, 0.15) is 18.4 Å². The highest BCUT2D eigenvalue weighted by Gasteiger charge is 2.34. The molecule has 2 heterocycles. The average Bonchev–Trinajstić information content (AvgIpc) is 2.95. The Morgan fingerprint density at radius 1 is 1.57 bits per heavy atom. The Labute approximate surface area is 124 Å². The molecule has 1 fully saturated rings. The molecule has 1 unspecified atom stereocenters. The summed E-state index contributed by atoms with van der Waals surface area (Å²) in [4.78, 5) is 3.77. The van der Waals surface area contributed by atoms with Crippen LogP contribution in [0.2, 0.25) is 0 Å². The van der Waals surface area contributed by atoms with E-state index in [1.165, 1.54) is 18.5 Å². The molecule has 7 nitrogen and oxygen atoms in total. The summed E-state index contributed by atoms with van der Waals surface area (Å²) < 4.78 is 32.3. The number of sulfonamides is 1. The highest BCUT2D eigenvalue weighted by Crippen LogP contribution is 2.20. The highest BCUT2D eigenvalue weighted by molar-refractivity contribution is 7.89. The Morgan fingerprint density at radius 2 is 2.38 bits per heavy atom. The van der Waals surface area contributed by atoms with Crippen molar-refractivity contribution in [2.75, 3.05) is 26.8 Å². The molecular formula is C13H18N4O3S. The number of nitrogens with zero attached hydrogens (tertiary/aromatic N) is 2. The lowest BCUT2D eigenvalue weighted by Crippen LogP contribution is -2.52. The average molecular weight is 310 g/mol. The molecule has 1 saturated heterocycles. The van der Waals surface area contributed by atoms with Gasteiger partial charge in [0.15, 0.2) is 0 Å². The summed E-state index contributed by atoms with van der Waals surface area (Å²) in [5.74, 6) is 0. The molecule has 0 bridgehead atoms. The van der Waals surface area contributed by atoms with E-state index < -0.39 is 10.0 Å². The van der Waals surface area contributed by atoms with Crippen molar-refractivity contribution in [3.63, 3.8) is 0 Å². The third-order valence-corrected chi connectivity index (χ3v) is 4.87. The second-order valence-electron chi connectivity index (χ2n) is 5.09. The van der Waals surface area contributed by atoms with Crippen molar-refractivity contribution in [3.05, 3.63) is 24.0 Å². The Bertz CT molecular complexity index is 633. The molecule has 1 aliphatic heterocycles. The molecule has 21 heavy (non-hydrogen) atoms. The first-order valence-electron chi connectivity index (χ1n) is 6.60. The molecule has 1 aromatic rings. The molecule has 2 rings (SSSR count). The van der Waals surface area contributed by atoms with Crippen LogP contribution in [0, 0.1) is 11.3 Å². The number of aromatic nitrogens is 1. The number of pyridine rings is 1. The lowest BCUT2D eigenvalue weighted by Gasteiger charge is -2.28. The van der Waals surface area contributed by atoms with E-state index in [-0.39, 0.29) is 22.5 Å². The first kappa shape index (κ1) is 15.9. The van der Waals surface area contributed by atoms with Gasteiger partial charge in [0.2, 0.25) is 10.0 Å². The SMILES string of the molecule is COCC1(CNS(=O)(=O)c2cncc(C#N)c2)CCCN1. The smallest absolute Gasteiger partial charge is 0.242 e. The van der Waals surface area contributed by atoms with Crippen molar-refractivity contribution in [2.24, 2.45) is 0 Å². The molecule has 8 heteroatoms. The minimum atomic E-state index is -3.70. The van der Waals surface area contributed by atoms with Crippen molar-refractivity contribution in [3.8, 4) is 6.07 Å². The summed E-state index contributed by atoms with van der Waals surface area (Å²) in [5, 5.41) is 12.1. The zero-order valence-electron chi connectivity index (χ0n) is 11.8. The van der Waals surface area contributed by atoms with Gasteiger partial charge in [0.1, 0.15) is 11.0 Å². The molecule has 0 radical (unpaired) electrons. The minimum absolute atomic E-state index is 0.00730.